The summed E-state index contributed by atoms with van der Waals surface area (Å²) in [6, 6.07) is 0. The van der Waals surface area contributed by atoms with Gasteiger partial charge in [0.25, 0.3) is 0 Å². The van der Waals surface area contributed by atoms with Gasteiger partial charge in [-0.2, -0.15) is 0 Å². The Bertz CT molecular complexity index is 616. The van der Waals surface area contributed by atoms with Gasteiger partial charge in [0, 0.05) is 12.0 Å². The van der Waals surface area contributed by atoms with Crippen LogP contribution in [0, 0.1) is 20.8 Å². The number of carbonyl (C=O) groups is 1. The number of ether oxygens (including phenoxy) is 2. The molecule has 2 aliphatic rings. The molecule has 0 bridgehead atoms. The zero-order chi connectivity index (χ0) is 15.4. The molecule has 1 atom stereocenters. The Hall–Kier alpha value is -1.71. The number of fused-ring (bicyclic) bond motifs is 1. The van der Waals surface area contributed by atoms with E-state index in [1.54, 1.807) is 6.92 Å². The van der Waals surface area contributed by atoms with Crippen molar-refractivity contribution in [2.24, 2.45) is 0 Å². The van der Waals surface area contributed by atoms with Gasteiger partial charge in [-0.1, -0.05) is 0 Å². The number of esters is 1. The fraction of sp³-hybridized carbons (Fsp3) is 0.588. The van der Waals surface area contributed by atoms with Crippen LogP contribution in [-0.4, -0.2) is 22.8 Å². The van der Waals surface area contributed by atoms with Gasteiger partial charge in [-0.25, -0.2) is 4.79 Å². The second kappa shape index (κ2) is 4.65. The molecule has 4 nitrogen and oxygen atoms in total. The topological polar surface area (TPSA) is 55.8 Å². The lowest BCUT2D eigenvalue weighted by molar-refractivity contribution is -0.163. The smallest absolute Gasteiger partial charge is 0.350 e. The average molecular weight is 290 g/mol. The fourth-order valence-corrected chi connectivity index (χ4v) is 2.85. The summed E-state index contributed by atoms with van der Waals surface area (Å²) >= 11 is 0. The first-order chi connectivity index (χ1) is 9.83. The lowest BCUT2D eigenvalue weighted by Crippen LogP contribution is -2.46. The van der Waals surface area contributed by atoms with Gasteiger partial charge in [0.15, 0.2) is 0 Å². The molecule has 0 aromatic heterocycles. The molecule has 4 heteroatoms. The van der Waals surface area contributed by atoms with Crippen LogP contribution in [0.1, 0.15) is 48.4 Å². The molecule has 1 N–H and O–H groups in total. The van der Waals surface area contributed by atoms with E-state index in [0.717, 1.165) is 40.8 Å². The van der Waals surface area contributed by atoms with Crippen LogP contribution in [0.4, 0.5) is 0 Å². The highest BCUT2D eigenvalue weighted by Gasteiger charge is 2.44. The maximum Gasteiger partial charge on any atom is 0.350 e. The van der Waals surface area contributed by atoms with E-state index in [1.807, 2.05) is 20.8 Å². The predicted octanol–water partition coefficient (Wildman–Crippen LogP) is 3.11. The van der Waals surface area contributed by atoms with E-state index >= 15 is 0 Å². The van der Waals surface area contributed by atoms with Crippen molar-refractivity contribution in [1.29, 1.82) is 0 Å². The van der Waals surface area contributed by atoms with Crippen molar-refractivity contribution < 1.29 is 19.4 Å². The Labute approximate surface area is 125 Å². The van der Waals surface area contributed by atoms with Gasteiger partial charge in [-0.15, -0.1) is 0 Å². The van der Waals surface area contributed by atoms with Gasteiger partial charge >= 0.3 is 5.97 Å². The van der Waals surface area contributed by atoms with Crippen LogP contribution < -0.4 is 4.74 Å². The molecule has 3 rings (SSSR count). The summed E-state index contributed by atoms with van der Waals surface area (Å²) in [7, 11) is 0. The van der Waals surface area contributed by atoms with Crippen LogP contribution in [0.15, 0.2) is 0 Å². The third kappa shape index (κ3) is 2.27. The molecule has 1 aliphatic heterocycles. The number of aromatic hydroxyl groups is 1. The summed E-state index contributed by atoms with van der Waals surface area (Å²) < 4.78 is 11.5. The monoisotopic (exact) mass is 290 g/mol. The molecule has 21 heavy (non-hydrogen) atoms. The van der Waals surface area contributed by atoms with Crippen molar-refractivity contribution >= 4 is 5.97 Å². The van der Waals surface area contributed by atoms with Gasteiger partial charge in [0.2, 0.25) is 5.60 Å². The highest BCUT2D eigenvalue weighted by molar-refractivity contribution is 5.81. The third-order valence-electron chi connectivity index (χ3n) is 4.75. The second-order valence-corrected chi connectivity index (χ2v) is 6.47. The van der Waals surface area contributed by atoms with Gasteiger partial charge < -0.3 is 14.6 Å². The predicted molar refractivity (Wildman–Crippen MR) is 78.8 cm³/mol. The second-order valence-electron chi connectivity index (χ2n) is 6.47. The van der Waals surface area contributed by atoms with Gasteiger partial charge in [-0.05, 0) is 63.6 Å². The number of rotatable bonds is 2. The Balaban J connectivity index is 1.96. The first-order valence-electron chi connectivity index (χ1n) is 7.55. The molecule has 0 spiro atoms. The SMILES string of the molecule is Cc1c(C)c2c(c(C)c1O)CCC(C)(C(=O)OC1CC1)O2. The lowest BCUT2D eigenvalue weighted by atomic mass is 9.87. The molecule has 1 heterocycles. The van der Waals surface area contributed by atoms with E-state index in [4.69, 9.17) is 9.47 Å². The molecule has 114 valence electrons. The molecular weight excluding hydrogens is 268 g/mol. The van der Waals surface area contributed by atoms with Crippen LogP contribution in [-0.2, 0) is 16.0 Å². The summed E-state index contributed by atoms with van der Waals surface area (Å²) in [5, 5.41) is 10.2. The molecule has 1 saturated carbocycles. The largest absolute Gasteiger partial charge is 0.507 e. The zero-order valence-corrected chi connectivity index (χ0v) is 13.1. The minimum atomic E-state index is -0.920. The quantitative estimate of drug-likeness (QED) is 0.850. The van der Waals surface area contributed by atoms with E-state index in [1.165, 1.54) is 0 Å². The molecule has 1 aromatic carbocycles. The molecule has 0 radical (unpaired) electrons. The minimum absolute atomic E-state index is 0.0868. The first kappa shape index (κ1) is 14.2. The van der Waals surface area contributed by atoms with Crippen molar-refractivity contribution in [3.63, 3.8) is 0 Å². The summed E-state index contributed by atoms with van der Waals surface area (Å²) in [6.07, 6.45) is 3.30. The molecule has 1 fully saturated rings. The van der Waals surface area contributed by atoms with E-state index < -0.39 is 5.60 Å². The van der Waals surface area contributed by atoms with Crippen LogP contribution in [0.3, 0.4) is 0 Å². The first-order valence-corrected chi connectivity index (χ1v) is 7.55. The fourth-order valence-electron chi connectivity index (χ4n) is 2.85. The number of hydrogen-bond acceptors (Lipinski definition) is 4. The van der Waals surface area contributed by atoms with Crippen molar-refractivity contribution in [3.05, 3.63) is 22.3 Å². The minimum Gasteiger partial charge on any atom is -0.507 e. The Morgan fingerprint density at radius 3 is 2.52 bits per heavy atom. The van der Waals surface area contributed by atoms with Crippen molar-refractivity contribution in [3.8, 4) is 11.5 Å². The van der Waals surface area contributed by atoms with Crippen molar-refractivity contribution in [2.75, 3.05) is 0 Å². The highest BCUT2D eigenvalue weighted by atomic mass is 16.6. The standard InChI is InChI=1S/C17H22O4/c1-9-10(2)15-13(11(3)14(9)18)7-8-17(4,21-15)16(19)20-12-5-6-12/h12,18H,5-8H2,1-4H3. The number of benzene rings is 1. The summed E-state index contributed by atoms with van der Waals surface area (Å²) in [4.78, 5) is 12.3. The van der Waals surface area contributed by atoms with Crippen molar-refractivity contribution in [2.45, 2.75) is 65.1 Å². The average Bonchev–Trinajstić information content (AvgIpc) is 3.26. The summed E-state index contributed by atoms with van der Waals surface area (Å²) in [5.74, 6) is 0.807. The lowest BCUT2D eigenvalue weighted by Gasteiger charge is -2.35. The van der Waals surface area contributed by atoms with Crippen LogP contribution in [0.25, 0.3) is 0 Å². The molecule has 1 aliphatic carbocycles. The number of phenolic OH excluding ortho intramolecular Hbond substituents is 1. The maximum atomic E-state index is 12.3. The number of carbonyl (C=O) groups excluding carboxylic acids is 1. The Morgan fingerprint density at radius 1 is 1.24 bits per heavy atom. The van der Waals surface area contributed by atoms with E-state index in [9.17, 15) is 9.90 Å². The molecule has 1 aromatic rings. The van der Waals surface area contributed by atoms with Gasteiger partial charge in [0.1, 0.15) is 17.6 Å². The van der Waals surface area contributed by atoms with E-state index in [0.29, 0.717) is 18.6 Å². The van der Waals surface area contributed by atoms with Crippen molar-refractivity contribution in [1.82, 2.24) is 0 Å². The van der Waals surface area contributed by atoms with Gasteiger partial charge in [-0.3, -0.25) is 0 Å². The van der Waals surface area contributed by atoms with Gasteiger partial charge in [0.05, 0.1) is 0 Å². The normalized spacial score (nSPS) is 24.2. The number of phenols is 1. The molecule has 0 saturated heterocycles. The highest BCUT2D eigenvalue weighted by Crippen LogP contribution is 2.43. The Kier molecular flexibility index (Phi) is 3.15. The summed E-state index contributed by atoms with van der Waals surface area (Å²) in [6.45, 7) is 7.49. The summed E-state index contributed by atoms with van der Waals surface area (Å²) in [5.41, 5.74) is 2.65. The molecular formula is C17H22O4. The van der Waals surface area contributed by atoms with Crippen LogP contribution in [0.2, 0.25) is 0 Å². The Morgan fingerprint density at radius 2 is 1.90 bits per heavy atom. The zero-order valence-electron chi connectivity index (χ0n) is 13.1. The maximum absolute atomic E-state index is 12.3. The molecule has 0 amide bonds. The third-order valence-corrected chi connectivity index (χ3v) is 4.75. The van der Waals surface area contributed by atoms with E-state index in [2.05, 4.69) is 0 Å². The van der Waals surface area contributed by atoms with Crippen LogP contribution in [0.5, 0.6) is 11.5 Å². The van der Waals surface area contributed by atoms with E-state index in [-0.39, 0.29) is 12.1 Å². The number of hydrogen-bond donors (Lipinski definition) is 1. The van der Waals surface area contributed by atoms with Crippen LogP contribution >= 0.6 is 0 Å². The molecule has 1 unspecified atom stereocenters.